The van der Waals surface area contributed by atoms with Gasteiger partial charge in [0.2, 0.25) is 0 Å². The molecule has 0 amide bonds. The zero-order chi connectivity index (χ0) is 31.4. The maximum atomic E-state index is 7.03. The molecule has 2 aromatic heterocycles. The standard InChI is InChI=1S/C31H45BrClN3O5Si2/c1-30(2,3)43(31(4,5)6)39-18-24-27(41-43)25(17-38-24)40-29-35-28-23(36(29)19-37-14-15-42(7,8)9)16-22(33)26(34-28)20-10-12-21(32)13-11-20/h10-13,16,24-25,27H,14-15,17-19H2,1-9H3/t24-,25-,27+/m1/s1. The van der Waals surface area contributed by atoms with Crippen molar-refractivity contribution < 1.29 is 23.1 Å². The van der Waals surface area contributed by atoms with Crippen LogP contribution in [0, 0.1) is 0 Å². The number of hydrogen-bond donors (Lipinski definition) is 0. The third-order valence-corrected chi connectivity index (χ3v) is 15.8. The summed E-state index contributed by atoms with van der Waals surface area (Å²) in [5, 5.41) is 0.239. The van der Waals surface area contributed by atoms with E-state index >= 15 is 0 Å². The SMILES string of the molecule is CC(C)(C)[Si]1(C(C)(C)C)OC[C@H]2OC[C@@H](Oc3nc4nc(-c5ccc(Br)cc5)c(Cl)cc4n3COCC[Si](C)(C)C)[C@H]2O1. The molecule has 3 aromatic rings. The first-order valence-electron chi connectivity index (χ1n) is 15.0. The van der Waals surface area contributed by atoms with Crippen LogP contribution in [0.3, 0.4) is 0 Å². The van der Waals surface area contributed by atoms with Crippen molar-refractivity contribution in [1.82, 2.24) is 14.5 Å². The van der Waals surface area contributed by atoms with Gasteiger partial charge in [0.15, 0.2) is 11.8 Å². The molecule has 1 aromatic carbocycles. The topological polar surface area (TPSA) is 76.9 Å². The van der Waals surface area contributed by atoms with Crippen molar-refractivity contribution in [2.45, 2.75) is 102 Å². The second-order valence-electron chi connectivity index (χ2n) is 14.9. The summed E-state index contributed by atoms with van der Waals surface area (Å²) in [5.41, 5.74) is 2.88. The van der Waals surface area contributed by atoms with Crippen molar-refractivity contribution in [1.29, 1.82) is 0 Å². The molecule has 43 heavy (non-hydrogen) atoms. The molecule has 2 aliphatic heterocycles. The molecule has 3 atom stereocenters. The Morgan fingerprint density at radius 2 is 1.72 bits per heavy atom. The number of pyridine rings is 1. The molecule has 0 N–H and O–H groups in total. The summed E-state index contributed by atoms with van der Waals surface area (Å²) in [7, 11) is -3.98. The van der Waals surface area contributed by atoms with Gasteiger partial charge in [-0.1, -0.05) is 101 Å². The molecule has 0 radical (unpaired) electrons. The lowest BCUT2D eigenvalue weighted by molar-refractivity contribution is -0.0660. The minimum absolute atomic E-state index is 0.148. The summed E-state index contributed by atoms with van der Waals surface area (Å²) in [6.07, 6.45) is -0.822. The summed E-state index contributed by atoms with van der Waals surface area (Å²) >= 11 is 10.3. The Hall–Kier alpha value is -1.32. The predicted molar refractivity (Wildman–Crippen MR) is 180 cm³/mol. The first-order chi connectivity index (χ1) is 20.0. The molecule has 2 saturated heterocycles. The Balaban J connectivity index is 1.49. The number of benzene rings is 1. The van der Waals surface area contributed by atoms with E-state index in [9.17, 15) is 0 Å². The highest BCUT2D eigenvalue weighted by Crippen LogP contribution is 2.55. The van der Waals surface area contributed by atoms with E-state index in [4.69, 9.17) is 44.6 Å². The van der Waals surface area contributed by atoms with Crippen LogP contribution in [0.5, 0.6) is 6.01 Å². The number of fused-ring (bicyclic) bond motifs is 2. The smallest absolute Gasteiger partial charge is 0.349 e. The fraction of sp³-hybridized carbons (Fsp3) is 0.613. The Kier molecular flexibility index (Phi) is 9.32. The first kappa shape index (κ1) is 33.1. The lowest BCUT2D eigenvalue weighted by Gasteiger charge is -2.53. The van der Waals surface area contributed by atoms with Gasteiger partial charge in [-0.25, -0.2) is 4.98 Å². The van der Waals surface area contributed by atoms with Crippen molar-refractivity contribution in [3.05, 3.63) is 39.8 Å². The Morgan fingerprint density at radius 1 is 1.05 bits per heavy atom. The van der Waals surface area contributed by atoms with E-state index in [0.29, 0.717) is 42.2 Å². The van der Waals surface area contributed by atoms with Gasteiger partial charge in [-0.05, 0) is 24.2 Å². The normalized spacial score (nSPS) is 22.6. The number of hydrogen-bond acceptors (Lipinski definition) is 7. The van der Waals surface area contributed by atoms with E-state index in [1.54, 1.807) is 0 Å². The Bertz CT molecular complexity index is 1440. The van der Waals surface area contributed by atoms with Gasteiger partial charge in [0.25, 0.3) is 0 Å². The molecule has 0 unspecified atom stereocenters. The molecule has 0 aliphatic carbocycles. The van der Waals surface area contributed by atoms with Crippen molar-refractivity contribution in [3.63, 3.8) is 0 Å². The molecule has 2 fully saturated rings. The molecule has 0 spiro atoms. The van der Waals surface area contributed by atoms with Crippen LogP contribution in [0.2, 0.25) is 40.8 Å². The minimum Gasteiger partial charge on any atom is -0.456 e. The zero-order valence-corrected chi connectivity index (χ0v) is 31.1. The number of aromatic nitrogens is 3. The molecular weight excluding hydrogens is 666 g/mol. The zero-order valence-electron chi connectivity index (χ0n) is 26.8. The van der Waals surface area contributed by atoms with Gasteiger partial charge >= 0.3 is 14.6 Å². The second-order valence-corrected chi connectivity index (χ2v) is 26.6. The van der Waals surface area contributed by atoms with Gasteiger partial charge in [0.1, 0.15) is 18.9 Å². The van der Waals surface area contributed by atoms with E-state index < -0.39 is 16.6 Å². The fourth-order valence-electron chi connectivity index (χ4n) is 6.08. The molecule has 0 saturated carbocycles. The second kappa shape index (κ2) is 12.1. The summed E-state index contributed by atoms with van der Waals surface area (Å²) in [4.78, 5) is 9.76. The van der Waals surface area contributed by atoms with Gasteiger partial charge in [0, 0.05) is 34.8 Å². The van der Waals surface area contributed by atoms with Crippen LogP contribution in [0.1, 0.15) is 41.5 Å². The van der Waals surface area contributed by atoms with Crippen LogP contribution in [0.15, 0.2) is 34.8 Å². The average molecular weight is 711 g/mol. The maximum Gasteiger partial charge on any atom is 0.349 e. The molecule has 236 valence electrons. The lowest BCUT2D eigenvalue weighted by atomic mass is 10.1. The van der Waals surface area contributed by atoms with Crippen LogP contribution >= 0.6 is 27.5 Å². The van der Waals surface area contributed by atoms with Crippen LogP contribution in [0.4, 0.5) is 0 Å². The van der Waals surface area contributed by atoms with Gasteiger partial charge in [-0.3, -0.25) is 4.57 Å². The summed E-state index contributed by atoms with van der Waals surface area (Å²) in [6, 6.07) is 11.3. The van der Waals surface area contributed by atoms with E-state index in [0.717, 1.165) is 21.6 Å². The number of halogens is 2. The number of nitrogens with zero attached hydrogens (tertiary/aromatic N) is 3. The number of ether oxygens (including phenoxy) is 3. The monoisotopic (exact) mass is 709 g/mol. The van der Waals surface area contributed by atoms with Gasteiger partial charge in [0.05, 0.1) is 29.4 Å². The van der Waals surface area contributed by atoms with Crippen molar-refractivity contribution in [3.8, 4) is 17.3 Å². The van der Waals surface area contributed by atoms with E-state index in [1.165, 1.54) is 0 Å². The molecule has 4 heterocycles. The highest BCUT2D eigenvalue weighted by Gasteiger charge is 2.64. The summed E-state index contributed by atoms with van der Waals surface area (Å²) in [6.45, 7) is 22.1. The van der Waals surface area contributed by atoms with E-state index in [1.807, 2.05) is 34.9 Å². The fourth-order valence-corrected chi connectivity index (χ4v) is 12.3. The van der Waals surface area contributed by atoms with Crippen LogP contribution in [-0.4, -0.2) is 69.3 Å². The molecule has 8 nitrogen and oxygen atoms in total. The molecule has 5 rings (SSSR count). The van der Waals surface area contributed by atoms with Crippen molar-refractivity contribution >= 4 is 55.3 Å². The number of imidazole rings is 1. The lowest BCUT2D eigenvalue weighted by Crippen LogP contribution is -2.65. The number of rotatable bonds is 8. The highest BCUT2D eigenvalue weighted by atomic mass is 79.9. The quantitative estimate of drug-likeness (QED) is 0.172. The van der Waals surface area contributed by atoms with Crippen molar-refractivity contribution in [2.24, 2.45) is 0 Å². The predicted octanol–water partition coefficient (Wildman–Crippen LogP) is 8.43. The molecule has 2 aliphatic rings. The minimum atomic E-state index is -2.72. The van der Waals surface area contributed by atoms with E-state index in [-0.39, 0.29) is 35.1 Å². The van der Waals surface area contributed by atoms with E-state index in [2.05, 4.69) is 77.1 Å². The van der Waals surface area contributed by atoms with Crippen LogP contribution < -0.4 is 4.74 Å². The summed E-state index contributed by atoms with van der Waals surface area (Å²) < 4.78 is 35.6. The van der Waals surface area contributed by atoms with Gasteiger partial charge in [-0.2, -0.15) is 4.98 Å². The highest BCUT2D eigenvalue weighted by molar-refractivity contribution is 9.10. The summed E-state index contributed by atoms with van der Waals surface area (Å²) in [5.74, 6) is 0. The Labute approximate surface area is 271 Å². The third-order valence-electron chi connectivity index (χ3n) is 8.19. The third kappa shape index (κ3) is 6.79. The average Bonchev–Trinajstić information content (AvgIpc) is 3.45. The molecular formula is C31H45BrClN3O5Si2. The molecule has 0 bridgehead atoms. The maximum absolute atomic E-state index is 7.03. The van der Waals surface area contributed by atoms with Gasteiger partial charge in [-0.15, -0.1) is 0 Å². The van der Waals surface area contributed by atoms with Crippen molar-refractivity contribution in [2.75, 3.05) is 19.8 Å². The van der Waals surface area contributed by atoms with Crippen LogP contribution in [0.25, 0.3) is 22.4 Å². The van der Waals surface area contributed by atoms with Gasteiger partial charge < -0.3 is 23.1 Å². The van der Waals surface area contributed by atoms with Crippen LogP contribution in [-0.2, 0) is 25.1 Å². The molecule has 12 heteroatoms. The largest absolute Gasteiger partial charge is 0.456 e. The first-order valence-corrected chi connectivity index (χ1v) is 21.7. The Morgan fingerprint density at radius 3 is 2.35 bits per heavy atom.